The Hall–Kier alpha value is -1.58. The highest BCUT2D eigenvalue weighted by Gasteiger charge is 2.24. The van der Waals surface area contributed by atoms with E-state index in [1.807, 2.05) is 50.3 Å². The molecule has 4 heteroatoms. The van der Waals surface area contributed by atoms with Crippen molar-refractivity contribution in [1.29, 1.82) is 0 Å². The Morgan fingerprint density at radius 2 is 1.79 bits per heavy atom. The van der Waals surface area contributed by atoms with Gasteiger partial charge in [-0.1, -0.05) is 19.9 Å². The molecule has 0 unspecified atom stereocenters. The average molecular weight is 262 g/mol. The van der Waals surface area contributed by atoms with E-state index in [0.717, 1.165) is 18.2 Å². The molecule has 0 fully saturated rings. The quantitative estimate of drug-likeness (QED) is 0.618. The zero-order chi connectivity index (χ0) is 14.6. The molecule has 0 saturated heterocycles. The monoisotopic (exact) mass is 262 g/mol. The van der Waals surface area contributed by atoms with Gasteiger partial charge >= 0.3 is 0 Å². The second-order valence-corrected chi connectivity index (χ2v) is 5.96. The lowest BCUT2D eigenvalue weighted by Gasteiger charge is -2.27. The highest BCUT2D eigenvalue weighted by Crippen LogP contribution is 2.24. The summed E-state index contributed by atoms with van der Waals surface area (Å²) in [5, 5.41) is 0. The number of nitrogens with zero attached hydrogens (tertiary/aromatic N) is 4. The molecular weight excluding hydrogens is 236 g/mol. The average Bonchev–Trinajstić information content (AvgIpc) is 2.28. The van der Waals surface area contributed by atoms with E-state index in [-0.39, 0.29) is 5.41 Å². The van der Waals surface area contributed by atoms with Crippen molar-refractivity contribution in [2.75, 3.05) is 34.7 Å². The fourth-order valence-corrected chi connectivity index (χ4v) is 2.22. The second kappa shape index (κ2) is 6.04. The van der Waals surface area contributed by atoms with Crippen LogP contribution in [-0.2, 0) is 5.41 Å². The number of hydrogen-bond donors (Lipinski definition) is 0. The molecule has 0 atom stereocenters. The van der Waals surface area contributed by atoms with Gasteiger partial charge in [0.1, 0.15) is 0 Å². The number of pyridine rings is 1. The van der Waals surface area contributed by atoms with E-state index in [4.69, 9.17) is 4.99 Å². The molecule has 0 aliphatic carbocycles. The van der Waals surface area contributed by atoms with E-state index in [9.17, 15) is 0 Å². The third-order valence-electron chi connectivity index (χ3n) is 3.07. The Bertz CT molecular complexity index is 437. The van der Waals surface area contributed by atoms with E-state index in [2.05, 4.69) is 31.8 Å². The van der Waals surface area contributed by atoms with Crippen molar-refractivity contribution in [3.63, 3.8) is 0 Å². The Labute approximate surface area is 117 Å². The van der Waals surface area contributed by atoms with Gasteiger partial charge < -0.3 is 9.80 Å². The lowest BCUT2D eigenvalue weighted by atomic mass is 9.86. The largest absolute Gasteiger partial charge is 0.349 e. The summed E-state index contributed by atoms with van der Waals surface area (Å²) >= 11 is 0. The van der Waals surface area contributed by atoms with Crippen LogP contribution in [0.15, 0.2) is 23.3 Å². The number of guanidine groups is 1. The van der Waals surface area contributed by atoms with Crippen molar-refractivity contribution in [1.82, 2.24) is 14.8 Å². The van der Waals surface area contributed by atoms with Crippen molar-refractivity contribution in [3.05, 3.63) is 29.6 Å². The smallest absolute Gasteiger partial charge is 0.195 e. The Morgan fingerprint density at radius 3 is 2.26 bits per heavy atom. The topological polar surface area (TPSA) is 31.7 Å². The van der Waals surface area contributed by atoms with Gasteiger partial charge in [0.15, 0.2) is 5.96 Å². The summed E-state index contributed by atoms with van der Waals surface area (Å²) in [6, 6.07) is 4.08. The van der Waals surface area contributed by atoms with Crippen LogP contribution in [0.2, 0.25) is 0 Å². The van der Waals surface area contributed by atoms with Crippen LogP contribution in [0, 0.1) is 6.92 Å². The predicted molar refractivity (Wildman–Crippen MR) is 81.7 cm³/mol. The van der Waals surface area contributed by atoms with Crippen molar-refractivity contribution in [2.24, 2.45) is 4.99 Å². The molecule has 0 saturated carbocycles. The Morgan fingerprint density at radius 1 is 1.21 bits per heavy atom. The van der Waals surface area contributed by atoms with Gasteiger partial charge in [0.2, 0.25) is 0 Å². The molecule has 0 aliphatic rings. The van der Waals surface area contributed by atoms with E-state index in [0.29, 0.717) is 0 Å². The van der Waals surface area contributed by atoms with Crippen LogP contribution in [0.5, 0.6) is 0 Å². The van der Waals surface area contributed by atoms with Crippen LogP contribution < -0.4 is 0 Å². The maximum Gasteiger partial charge on any atom is 0.195 e. The third-order valence-corrected chi connectivity index (χ3v) is 3.07. The van der Waals surface area contributed by atoms with Gasteiger partial charge in [0.25, 0.3) is 0 Å². The van der Waals surface area contributed by atoms with Crippen LogP contribution in [0.3, 0.4) is 0 Å². The molecule has 0 spiro atoms. The molecule has 1 heterocycles. The Balaban J connectivity index is 2.97. The van der Waals surface area contributed by atoms with Crippen LogP contribution in [0.4, 0.5) is 0 Å². The van der Waals surface area contributed by atoms with Gasteiger partial charge in [-0.3, -0.25) is 9.98 Å². The minimum Gasteiger partial charge on any atom is -0.349 e. The van der Waals surface area contributed by atoms with Crippen LogP contribution in [-0.4, -0.2) is 55.5 Å². The molecular formula is C15H26N4. The third kappa shape index (κ3) is 3.94. The second-order valence-electron chi connectivity index (χ2n) is 5.96. The normalized spacial score (nSPS) is 11.1. The van der Waals surface area contributed by atoms with E-state index in [1.54, 1.807) is 0 Å². The number of aryl methyl sites for hydroxylation is 1. The van der Waals surface area contributed by atoms with E-state index >= 15 is 0 Å². The molecule has 0 bridgehead atoms. The first-order valence-corrected chi connectivity index (χ1v) is 6.57. The molecule has 19 heavy (non-hydrogen) atoms. The number of rotatable bonds is 3. The highest BCUT2D eigenvalue weighted by molar-refractivity contribution is 5.79. The van der Waals surface area contributed by atoms with Gasteiger partial charge in [-0.2, -0.15) is 0 Å². The SMILES string of the molecule is Cc1cccnc1C(C)(C)CN=C(N(C)C)N(C)C. The van der Waals surface area contributed by atoms with Crippen LogP contribution >= 0.6 is 0 Å². The molecule has 1 aromatic rings. The maximum absolute atomic E-state index is 4.74. The first kappa shape index (κ1) is 15.5. The predicted octanol–water partition coefficient (Wildman–Crippen LogP) is 2.15. The standard InChI is InChI=1S/C15H26N4/c1-12-9-8-10-16-13(12)15(2,3)11-17-14(18(4)5)19(6)7/h8-10H,11H2,1-7H3. The first-order chi connectivity index (χ1) is 8.75. The fraction of sp³-hybridized carbons (Fsp3) is 0.600. The zero-order valence-corrected chi connectivity index (χ0v) is 13.2. The molecule has 1 rings (SSSR count). The molecule has 0 aromatic carbocycles. The van der Waals surface area contributed by atoms with Crippen LogP contribution in [0.25, 0.3) is 0 Å². The van der Waals surface area contributed by atoms with Crippen molar-refractivity contribution in [3.8, 4) is 0 Å². The molecule has 106 valence electrons. The summed E-state index contributed by atoms with van der Waals surface area (Å²) < 4.78 is 0. The molecule has 0 aliphatic heterocycles. The fourth-order valence-electron chi connectivity index (χ4n) is 2.22. The highest BCUT2D eigenvalue weighted by atomic mass is 15.3. The molecule has 1 aromatic heterocycles. The summed E-state index contributed by atoms with van der Waals surface area (Å²) in [5.41, 5.74) is 2.28. The lowest BCUT2D eigenvalue weighted by molar-refractivity contribution is 0.460. The molecule has 0 N–H and O–H groups in total. The van der Waals surface area contributed by atoms with E-state index < -0.39 is 0 Å². The van der Waals surface area contributed by atoms with Gasteiger partial charge in [0.05, 0.1) is 12.2 Å². The number of aliphatic imine (C=N–C) groups is 1. The first-order valence-electron chi connectivity index (χ1n) is 6.57. The van der Waals surface area contributed by atoms with E-state index in [1.165, 1.54) is 5.56 Å². The minimum absolute atomic E-state index is 0.0669. The molecule has 4 nitrogen and oxygen atoms in total. The summed E-state index contributed by atoms with van der Waals surface area (Å²) in [4.78, 5) is 13.3. The van der Waals surface area contributed by atoms with Crippen molar-refractivity contribution >= 4 is 5.96 Å². The molecule has 0 amide bonds. The van der Waals surface area contributed by atoms with Gasteiger partial charge in [-0.15, -0.1) is 0 Å². The summed E-state index contributed by atoms with van der Waals surface area (Å²) in [5.74, 6) is 0.974. The van der Waals surface area contributed by atoms with Gasteiger partial charge in [-0.25, -0.2) is 0 Å². The number of hydrogen-bond acceptors (Lipinski definition) is 2. The van der Waals surface area contributed by atoms with Gasteiger partial charge in [-0.05, 0) is 18.6 Å². The zero-order valence-electron chi connectivity index (χ0n) is 13.2. The summed E-state index contributed by atoms with van der Waals surface area (Å²) in [6.45, 7) is 7.20. The Kier molecular flexibility index (Phi) is 4.92. The van der Waals surface area contributed by atoms with Gasteiger partial charge in [0, 0.05) is 39.8 Å². The summed E-state index contributed by atoms with van der Waals surface area (Å²) in [6.07, 6.45) is 1.85. The van der Waals surface area contributed by atoms with Crippen molar-refractivity contribution < 1.29 is 0 Å². The van der Waals surface area contributed by atoms with Crippen molar-refractivity contribution in [2.45, 2.75) is 26.2 Å². The number of aromatic nitrogens is 1. The lowest BCUT2D eigenvalue weighted by Crippen LogP contribution is -2.37. The van der Waals surface area contributed by atoms with Crippen LogP contribution in [0.1, 0.15) is 25.1 Å². The minimum atomic E-state index is -0.0669. The summed E-state index contributed by atoms with van der Waals surface area (Å²) in [7, 11) is 8.05. The maximum atomic E-state index is 4.74. The molecule has 0 radical (unpaired) electrons.